The number of benzene rings is 2. The van der Waals surface area contributed by atoms with Gasteiger partial charge in [-0.2, -0.15) is 9.78 Å². The first-order valence-corrected chi connectivity index (χ1v) is 10.2. The molecule has 2 aromatic heterocycles. The third-order valence-electron chi connectivity index (χ3n) is 4.69. The highest BCUT2D eigenvalue weighted by Gasteiger charge is 2.10. The lowest BCUT2D eigenvalue weighted by atomic mass is 10.1. The minimum absolute atomic E-state index is 0.0158. The van der Waals surface area contributed by atoms with Crippen molar-refractivity contribution in [2.45, 2.75) is 20.3 Å². The standard InChI is InChI=1S/C23H18BrN3O3/c1-3-22-26-20-10-8-17(24)12-19(20)23(29)27(22)25-13-18-9-11-21(30-18)16-6-4-15(5-7-16)14(2)28/h4-13H,3H2,1-2H3. The van der Waals surface area contributed by atoms with Gasteiger partial charge >= 0.3 is 0 Å². The predicted molar refractivity (Wildman–Crippen MR) is 120 cm³/mol. The van der Waals surface area contributed by atoms with E-state index in [0.29, 0.717) is 40.2 Å². The van der Waals surface area contributed by atoms with Crippen LogP contribution in [0.5, 0.6) is 0 Å². The number of rotatable bonds is 5. The van der Waals surface area contributed by atoms with Gasteiger partial charge in [-0.3, -0.25) is 9.59 Å². The van der Waals surface area contributed by atoms with Gasteiger partial charge in [0.05, 0.1) is 17.1 Å². The van der Waals surface area contributed by atoms with Gasteiger partial charge in [0, 0.05) is 22.0 Å². The largest absolute Gasteiger partial charge is 0.455 e. The molecule has 0 spiro atoms. The summed E-state index contributed by atoms with van der Waals surface area (Å²) in [5.74, 6) is 1.74. The third kappa shape index (κ3) is 3.89. The van der Waals surface area contributed by atoms with Gasteiger partial charge in [0.15, 0.2) is 5.78 Å². The van der Waals surface area contributed by atoms with E-state index < -0.39 is 0 Å². The zero-order valence-corrected chi connectivity index (χ0v) is 18.0. The van der Waals surface area contributed by atoms with Crippen molar-refractivity contribution < 1.29 is 9.21 Å². The second-order valence-electron chi connectivity index (χ2n) is 6.74. The zero-order valence-electron chi connectivity index (χ0n) is 16.4. The fourth-order valence-corrected chi connectivity index (χ4v) is 3.46. The van der Waals surface area contributed by atoms with Crippen molar-refractivity contribution in [1.29, 1.82) is 0 Å². The second kappa shape index (κ2) is 8.20. The first kappa shape index (κ1) is 20.0. The number of halogens is 1. The second-order valence-corrected chi connectivity index (χ2v) is 7.66. The van der Waals surface area contributed by atoms with Crippen LogP contribution < -0.4 is 5.56 Å². The Morgan fingerprint density at radius 3 is 2.63 bits per heavy atom. The topological polar surface area (TPSA) is 77.5 Å². The quantitative estimate of drug-likeness (QED) is 0.305. The molecule has 0 fully saturated rings. The number of furan rings is 1. The van der Waals surface area contributed by atoms with Gasteiger partial charge in [0.25, 0.3) is 5.56 Å². The highest BCUT2D eigenvalue weighted by atomic mass is 79.9. The number of carbonyl (C=O) groups is 1. The zero-order chi connectivity index (χ0) is 21.3. The number of ketones is 1. The van der Waals surface area contributed by atoms with Crippen LogP contribution in [0.2, 0.25) is 0 Å². The van der Waals surface area contributed by atoms with Crippen LogP contribution in [0.4, 0.5) is 0 Å². The average Bonchev–Trinajstić information content (AvgIpc) is 3.22. The van der Waals surface area contributed by atoms with Crippen LogP contribution >= 0.6 is 15.9 Å². The van der Waals surface area contributed by atoms with Gasteiger partial charge < -0.3 is 4.42 Å². The molecule has 30 heavy (non-hydrogen) atoms. The average molecular weight is 464 g/mol. The Labute approximate surface area is 181 Å². The smallest absolute Gasteiger partial charge is 0.282 e. The molecular weight excluding hydrogens is 446 g/mol. The van der Waals surface area contributed by atoms with E-state index in [0.717, 1.165) is 10.0 Å². The van der Waals surface area contributed by atoms with Crippen LogP contribution in [-0.4, -0.2) is 21.7 Å². The molecule has 2 aromatic carbocycles. The summed E-state index contributed by atoms with van der Waals surface area (Å²) in [5.41, 5.74) is 1.90. The van der Waals surface area contributed by atoms with Gasteiger partial charge in [-0.05, 0) is 37.3 Å². The van der Waals surface area contributed by atoms with Crippen LogP contribution in [-0.2, 0) is 6.42 Å². The fraction of sp³-hybridized carbons (Fsp3) is 0.130. The Morgan fingerprint density at radius 2 is 1.93 bits per heavy atom. The van der Waals surface area contributed by atoms with E-state index in [1.165, 1.54) is 17.8 Å². The monoisotopic (exact) mass is 463 g/mol. The van der Waals surface area contributed by atoms with E-state index in [1.54, 1.807) is 24.3 Å². The van der Waals surface area contributed by atoms with Gasteiger partial charge in [0.1, 0.15) is 17.3 Å². The number of hydrogen-bond acceptors (Lipinski definition) is 5. The molecule has 6 nitrogen and oxygen atoms in total. The molecule has 0 bridgehead atoms. The van der Waals surface area contributed by atoms with Gasteiger partial charge in [-0.1, -0.05) is 47.1 Å². The van der Waals surface area contributed by atoms with Crippen molar-refractivity contribution in [2.24, 2.45) is 5.10 Å². The minimum Gasteiger partial charge on any atom is -0.455 e. The highest BCUT2D eigenvalue weighted by Crippen LogP contribution is 2.22. The minimum atomic E-state index is -0.235. The van der Waals surface area contributed by atoms with Gasteiger partial charge in [0.2, 0.25) is 0 Å². The third-order valence-corrected chi connectivity index (χ3v) is 5.19. The lowest BCUT2D eigenvalue weighted by Gasteiger charge is -2.07. The molecule has 0 aliphatic heterocycles. The summed E-state index contributed by atoms with van der Waals surface area (Å²) in [4.78, 5) is 28.9. The molecule has 150 valence electrons. The van der Waals surface area contributed by atoms with Crippen molar-refractivity contribution in [3.8, 4) is 11.3 Å². The van der Waals surface area contributed by atoms with Crippen molar-refractivity contribution in [3.05, 3.63) is 86.6 Å². The fourth-order valence-electron chi connectivity index (χ4n) is 3.10. The first-order chi connectivity index (χ1) is 14.5. The van der Waals surface area contributed by atoms with Crippen LogP contribution in [0.25, 0.3) is 22.2 Å². The maximum absolute atomic E-state index is 12.9. The van der Waals surface area contributed by atoms with E-state index in [9.17, 15) is 9.59 Å². The lowest BCUT2D eigenvalue weighted by Crippen LogP contribution is -2.22. The maximum Gasteiger partial charge on any atom is 0.282 e. The molecule has 0 amide bonds. The van der Waals surface area contributed by atoms with Gasteiger partial charge in [-0.15, -0.1) is 0 Å². The number of hydrogen-bond donors (Lipinski definition) is 0. The number of carbonyl (C=O) groups excluding carboxylic acids is 1. The Balaban J connectivity index is 1.67. The van der Waals surface area contributed by atoms with Crippen LogP contribution in [0.1, 0.15) is 35.8 Å². The predicted octanol–water partition coefficient (Wildman–Crippen LogP) is 5.07. The number of aromatic nitrogens is 2. The van der Waals surface area contributed by atoms with Crippen LogP contribution in [0, 0.1) is 0 Å². The van der Waals surface area contributed by atoms with E-state index in [4.69, 9.17) is 4.42 Å². The summed E-state index contributed by atoms with van der Waals surface area (Å²) in [6.45, 7) is 3.46. The highest BCUT2D eigenvalue weighted by molar-refractivity contribution is 9.10. The number of aryl methyl sites for hydroxylation is 1. The number of Topliss-reactive ketones (excluding diaryl/α,β-unsaturated/α-hetero) is 1. The molecule has 0 unspecified atom stereocenters. The van der Waals surface area contributed by atoms with E-state index in [-0.39, 0.29) is 11.3 Å². The molecule has 0 aliphatic rings. The van der Waals surface area contributed by atoms with E-state index in [1.807, 2.05) is 37.3 Å². The summed E-state index contributed by atoms with van der Waals surface area (Å²) < 4.78 is 7.94. The van der Waals surface area contributed by atoms with Crippen LogP contribution in [0.3, 0.4) is 0 Å². The molecule has 0 saturated carbocycles. The number of fused-ring (bicyclic) bond motifs is 1. The molecule has 0 aliphatic carbocycles. The molecule has 4 rings (SSSR count). The maximum atomic E-state index is 12.9. The summed E-state index contributed by atoms with van der Waals surface area (Å²) >= 11 is 3.39. The molecule has 0 N–H and O–H groups in total. The molecule has 0 atom stereocenters. The van der Waals surface area contributed by atoms with Crippen molar-refractivity contribution in [1.82, 2.24) is 9.66 Å². The molecule has 0 saturated heterocycles. The molecular formula is C23H18BrN3O3. The SMILES string of the molecule is CCc1nc2ccc(Br)cc2c(=O)n1N=Cc1ccc(-c2ccc(C(C)=O)cc2)o1. The van der Waals surface area contributed by atoms with Gasteiger partial charge in [-0.25, -0.2) is 4.98 Å². The summed E-state index contributed by atoms with van der Waals surface area (Å²) in [5, 5.41) is 4.82. The van der Waals surface area contributed by atoms with Crippen molar-refractivity contribution >= 4 is 38.8 Å². The lowest BCUT2D eigenvalue weighted by molar-refractivity contribution is 0.101. The first-order valence-electron chi connectivity index (χ1n) is 9.43. The molecule has 4 aromatic rings. The van der Waals surface area contributed by atoms with Crippen LogP contribution in [0.15, 0.2) is 73.4 Å². The summed E-state index contributed by atoms with van der Waals surface area (Å²) in [6, 6.07) is 16.2. The summed E-state index contributed by atoms with van der Waals surface area (Å²) in [6.07, 6.45) is 2.06. The Bertz CT molecular complexity index is 1330. The Kier molecular flexibility index (Phi) is 5.46. The van der Waals surface area contributed by atoms with E-state index >= 15 is 0 Å². The Morgan fingerprint density at radius 1 is 1.17 bits per heavy atom. The van der Waals surface area contributed by atoms with Crippen molar-refractivity contribution in [3.63, 3.8) is 0 Å². The molecule has 7 heteroatoms. The van der Waals surface area contributed by atoms with E-state index in [2.05, 4.69) is 26.0 Å². The number of nitrogens with zero attached hydrogens (tertiary/aromatic N) is 3. The van der Waals surface area contributed by atoms with Crippen molar-refractivity contribution in [2.75, 3.05) is 0 Å². The molecule has 0 radical (unpaired) electrons. The normalized spacial score (nSPS) is 11.4. The molecule has 2 heterocycles. The summed E-state index contributed by atoms with van der Waals surface area (Å²) in [7, 11) is 0. The Hall–Kier alpha value is -3.32.